The van der Waals surface area contributed by atoms with E-state index in [4.69, 9.17) is 4.74 Å². The summed E-state index contributed by atoms with van der Waals surface area (Å²) < 4.78 is 6.21. The zero-order chi connectivity index (χ0) is 36.4. The van der Waals surface area contributed by atoms with Gasteiger partial charge in [-0.2, -0.15) is 0 Å². The number of carbonyl (C=O) groups is 4. The minimum Gasteiger partial charge on any atom is -0.508 e. The topological polar surface area (TPSA) is 104 Å². The third-order valence-electron chi connectivity index (χ3n) is 12.2. The van der Waals surface area contributed by atoms with E-state index in [9.17, 15) is 14.7 Å². The lowest BCUT2D eigenvalue weighted by Gasteiger charge is -2.55. The number of rotatable bonds is 5. The molecule has 2 amide bonds. The second kappa shape index (κ2) is 13.1. The fourth-order valence-corrected chi connectivity index (χ4v) is 10.2. The maximum Gasteiger partial charge on any atom is 0.238 e. The van der Waals surface area contributed by atoms with Gasteiger partial charge in [0.05, 0.1) is 36.2 Å². The van der Waals surface area contributed by atoms with Crippen LogP contribution in [0.5, 0.6) is 5.75 Å². The normalized spacial score (nSPS) is 28.2. The summed E-state index contributed by atoms with van der Waals surface area (Å²) in [7, 11) is 0. The van der Waals surface area contributed by atoms with Crippen LogP contribution in [0.25, 0.3) is 5.57 Å². The van der Waals surface area contributed by atoms with Crippen LogP contribution in [0.1, 0.15) is 35.4 Å². The van der Waals surface area contributed by atoms with Crippen LogP contribution in [0.3, 0.4) is 0 Å². The number of anilines is 2. The summed E-state index contributed by atoms with van der Waals surface area (Å²) in [4.78, 5) is 62.8. The first-order chi connectivity index (χ1) is 25.8. The number of halogens is 1. The number of Topliss-reactive ketones (excluding diaryl/α,β-unsaturated/α-hetero) is 1. The summed E-state index contributed by atoms with van der Waals surface area (Å²) in [5.74, 6) is -4.53. The zero-order valence-electron chi connectivity index (χ0n) is 28.9. The van der Waals surface area contributed by atoms with Crippen LogP contribution < -0.4 is 9.80 Å². The predicted molar refractivity (Wildman–Crippen MR) is 204 cm³/mol. The summed E-state index contributed by atoms with van der Waals surface area (Å²) in [5, 5.41) is 11.6. The molecular weight excluding hydrogens is 732 g/mol. The van der Waals surface area contributed by atoms with Gasteiger partial charge in [-0.25, -0.2) is 0 Å². The molecule has 4 aromatic rings. The Hall–Kier alpha value is -5.12. The maximum absolute atomic E-state index is 15.2. The molecule has 0 radical (unpaired) electrons. The molecule has 8 nitrogen and oxygen atoms in total. The monoisotopic (exact) mass is 768 g/mol. The van der Waals surface area contributed by atoms with Gasteiger partial charge in [-0.05, 0) is 78.4 Å². The van der Waals surface area contributed by atoms with Crippen LogP contribution in [-0.4, -0.2) is 54.8 Å². The Morgan fingerprint density at radius 2 is 1.45 bits per heavy atom. The molecule has 0 aromatic heterocycles. The quantitative estimate of drug-likeness (QED) is 0.172. The number of morpholine rings is 1. The molecule has 4 aromatic carbocycles. The van der Waals surface area contributed by atoms with Crippen molar-refractivity contribution in [3.63, 3.8) is 0 Å². The number of ether oxygens (including phenoxy) is 1. The van der Waals surface area contributed by atoms with Crippen LogP contribution >= 0.6 is 15.9 Å². The first-order valence-electron chi connectivity index (χ1n) is 18.2. The van der Waals surface area contributed by atoms with E-state index < -0.39 is 35.0 Å². The predicted octanol–water partition coefficient (Wildman–Crippen LogP) is 7.02. The molecule has 6 unspecified atom stereocenters. The Balaban J connectivity index is 1.19. The Kier molecular flexibility index (Phi) is 8.31. The number of amides is 2. The van der Waals surface area contributed by atoms with Gasteiger partial charge in [0.1, 0.15) is 5.75 Å². The van der Waals surface area contributed by atoms with Crippen molar-refractivity contribution in [2.45, 2.75) is 24.2 Å². The summed E-state index contributed by atoms with van der Waals surface area (Å²) in [5.41, 5.74) is 3.06. The van der Waals surface area contributed by atoms with Crippen molar-refractivity contribution >= 4 is 56.3 Å². The van der Waals surface area contributed by atoms with Gasteiger partial charge in [0.25, 0.3) is 0 Å². The Morgan fingerprint density at radius 3 is 2.17 bits per heavy atom. The fraction of sp³-hybridized carbons (Fsp3) is 0.273. The molecule has 2 saturated heterocycles. The maximum atomic E-state index is 15.2. The van der Waals surface area contributed by atoms with Gasteiger partial charge in [0.15, 0.2) is 11.6 Å². The first kappa shape index (κ1) is 33.7. The van der Waals surface area contributed by atoms with Crippen LogP contribution in [0.15, 0.2) is 125 Å². The molecule has 9 heteroatoms. The number of carbonyl (C=O) groups excluding carboxylic acids is 4. The molecule has 2 aliphatic heterocycles. The molecule has 5 aliphatic rings. The Labute approximate surface area is 315 Å². The van der Waals surface area contributed by atoms with Crippen LogP contribution in [0.2, 0.25) is 0 Å². The number of benzene rings is 4. The van der Waals surface area contributed by atoms with Crippen molar-refractivity contribution in [3.05, 3.63) is 142 Å². The van der Waals surface area contributed by atoms with Gasteiger partial charge in [0.2, 0.25) is 11.8 Å². The number of hydrogen-bond acceptors (Lipinski definition) is 7. The van der Waals surface area contributed by atoms with E-state index in [0.717, 1.165) is 24.4 Å². The average Bonchev–Trinajstić information content (AvgIpc) is 3.46. The number of ketones is 2. The first-order valence-corrected chi connectivity index (χ1v) is 19.0. The molecule has 6 atom stereocenters. The molecule has 9 rings (SSSR count). The second-order valence-electron chi connectivity index (χ2n) is 14.6. The van der Waals surface area contributed by atoms with Gasteiger partial charge in [-0.3, -0.25) is 24.1 Å². The Morgan fingerprint density at radius 1 is 0.774 bits per heavy atom. The van der Waals surface area contributed by atoms with Crippen LogP contribution in [-0.2, 0) is 29.3 Å². The zero-order valence-corrected chi connectivity index (χ0v) is 30.4. The number of allylic oxidation sites excluding steroid dienone is 4. The van der Waals surface area contributed by atoms with E-state index in [2.05, 4.69) is 20.8 Å². The largest absolute Gasteiger partial charge is 0.508 e. The number of aromatic hydroxyl groups is 1. The minimum absolute atomic E-state index is 0.00942. The number of phenols is 1. The SMILES string of the molecule is O=C1C(c2ccccc2)=CC(=O)C2(c3ccccc3)C1CC1C(=CCC3C(=O)N(c4ccc(N5CCOCC5)cc4)C(=O)C31)C2c1cc(Br)ccc1O. The lowest BCUT2D eigenvalue weighted by Crippen LogP contribution is -2.58. The molecule has 266 valence electrons. The Bertz CT molecular complexity index is 2210. The molecule has 0 spiro atoms. The smallest absolute Gasteiger partial charge is 0.238 e. The van der Waals surface area contributed by atoms with E-state index in [0.29, 0.717) is 52.1 Å². The van der Waals surface area contributed by atoms with Gasteiger partial charge in [-0.1, -0.05) is 88.2 Å². The van der Waals surface area contributed by atoms with E-state index in [1.165, 1.54) is 11.0 Å². The molecule has 1 saturated carbocycles. The van der Waals surface area contributed by atoms with Crippen molar-refractivity contribution in [1.82, 2.24) is 0 Å². The summed E-state index contributed by atoms with van der Waals surface area (Å²) in [6.45, 7) is 2.83. The lowest BCUT2D eigenvalue weighted by molar-refractivity contribution is -0.135. The second-order valence-corrected chi connectivity index (χ2v) is 15.5. The van der Waals surface area contributed by atoms with Gasteiger partial charge < -0.3 is 14.7 Å². The highest BCUT2D eigenvalue weighted by molar-refractivity contribution is 9.10. The van der Waals surface area contributed by atoms with Crippen LogP contribution in [0.4, 0.5) is 11.4 Å². The standard InChI is InChI=1S/C44H37BrN2O6/c45-28-11-18-37(48)35(23-28)40-31-16-17-32-39(43(52)47(42(32)51)30-14-12-29(13-15-30)46-19-21-53-22-20-46)34(31)24-36-41(50)33(26-7-3-1-4-8-26)25-38(49)44(36,40)27-9-5-2-6-10-27/h1-16,18,23,25,32,34,36,39-40,48H,17,19-22,24H2. The molecule has 2 heterocycles. The highest BCUT2D eigenvalue weighted by Crippen LogP contribution is 2.64. The van der Waals surface area contributed by atoms with Gasteiger partial charge in [0, 0.05) is 46.2 Å². The van der Waals surface area contributed by atoms with Crippen molar-refractivity contribution in [2.24, 2.45) is 23.7 Å². The van der Waals surface area contributed by atoms with Crippen molar-refractivity contribution in [2.75, 3.05) is 36.1 Å². The van der Waals surface area contributed by atoms with Crippen molar-refractivity contribution in [1.29, 1.82) is 0 Å². The number of imide groups is 1. The van der Waals surface area contributed by atoms with Gasteiger partial charge >= 0.3 is 0 Å². The minimum atomic E-state index is -1.41. The third kappa shape index (κ3) is 5.19. The number of hydrogen-bond donors (Lipinski definition) is 1. The van der Waals surface area contributed by atoms with E-state index in [1.807, 2.05) is 97.1 Å². The molecule has 3 fully saturated rings. The highest BCUT2D eigenvalue weighted by Gasteiger charge is 2.66. The average molecular weight is 770 g/mol. The fourth-order valence-electron chi connectivity index (χ4n) is 9.86. The molecule has 1 N–H and O–H groups in total. The molecule has 0 bridgehead atoms. The third-order valence-corrected chi connectivity index (χ3v) is 12.7. The van der Waals surface area contributed by atoms with Crippen molar-refractivity contribution < 1.29 is 29.0 Å². The molecular formula is C44H37BrN2O6. The number of phenolic OH excluding ortho intramolecular Hbond substituents is 1. The highest BCUT2D eigenvalue weighted by atomic mass is 79.9. The number of fused-ring (bicyclic) bond motifs is 4. The van der Waals surface area contributed by atoms with E-state index in [-0.39, 0.29) is 35.6 Å². The van der Waals surface area contributed by atoms with Crippen LogP contribution in [0, 0.1) is 23.7 Å². The van der Waals surface area contributed by atoms with E-state index >= 15 is 9.59 Å². The summed E-state index contributed by atoms with van der Waals surface area (Å²) in [6.07, 6.45) is 4.01. The summed E-state index contributed by atoms with van der Waals surface area (Å²) in [6, 6.07) is 31.3. The molecule has 53 heavy (non-hydrogen) atoms. The van der Waals surface area contributed by atoms with Crippen molar-refractivity contribution in [3.8, 4) is 5.75 Å². The lowest BCUT2D eigenvalue weighted by atomic mass is 9.44. The van der Waals surface area contributed by atoms with Gasteiger partial charge in [-0.15, -0.1) is 0 Å². The molecule has 3 aliphatic carbocycles. The van der Waals surface area contributed by atoms with E-state index in [1.54, 1.807) is 12.1 Å². The summed E-state index contributed by atoms with van der Waals surface area (Å²) >= 11 is 3.60. The number of nitrogens with zero attached hydrogens (tertiary/aromatic N) is 2.